The number of rotatable bonds is 3. The van der Waals surface area contributed by atoms with Crippen molar-refractivity contribution in [3.63, 3.8) is 0 Å². The molecule has 6 nitrogen and oxygen atoms in total. The van der Waals surface area contributed by atoms with Crippen molar-refractivity contribution in [2.75, 3.05) is 6.54 Å². The van der Waals surface area contributed by atoms with Crippen molar-refractivity contribution in [3.05, 3.63) is 39.4 Å². The lowest BCUT2D eigenvalue weighted by Gasteiger charge is -1.96. The van der Waals surface area contributed by atoms with E-state index in [1.165, 1.54) is 19.1 Å². The first kappa shape index (κ1) is 13.4. The van der Waals surface area contributed by atoms with Crippen LogP contribution < -0.4 is 5.32 Å². The minimum Gasteiger partial charge on any atom is -0.345 e. The molecule has 1 amide bonds. The predicted molar refractivity (Wildman–Crippen MR) is 64.0 cm³/mol. The standard InChI is InChI=1S/C12H10N2O4/c1-9(16)13-6-2-3-11-5-4-10(8-15)7-12(11)14(17)18/h4-5,7-8H,6H2,1H3,(H,13,16). The van der Waals surface area contributed by atoms with Gasteiger partial charge in [0.15, 0.2) is 0 Å². The van der Waals surface area contributed by atoms with Crippen LogP contribution in [-0.2, 0) is 4.79 Å². The summed E-state index contributed by atoms with van der Waals surface area (Å²) in [5.41, 5.74) is 0.194. The fourth-order valence-electron chi connectivity index (χ4n) is 1.19. The number of carbonyl (C=O) groups excluding carboxylic acids is 2. The summed E-state index contributed by atoms with van der Waals surface area (Å²) < 4.78 is 0. The Balaban J connectivity index is 2.97. The highest BCUT2D eigenvalue weighted by molar-refractivity contribution is 5.77. The first-order valence-corrected chi connectivity index (χ1v) is 5.01. The summed E-state index contributed by atoms with van der Waals surface area (Å²) in [5, 5.41) is 13.2. The Hall–Kier alpha value is -2.68. The molecule has 0 aliphatic heterocycles. The Morgan fingerprint density at radius 1 is 1.56 bits per heavy atom. The Kier molecular flexibility index (Phi) is 4.58. The highest BCUT2D eigenvalue weighted by Gasteiger charge is 2.12. The number of benzene rings is 1. The number of hydrogen-bond acceptors (Lipinski definition) is 4. The summed E-state index contributed by atoms with van der Waals surface area (Å²) in [7, 11) is 0. The number of nitrogens with one attached hydrogen (secondary N) is 1. The average Bonchev–Trinajstić information content (AvgIpc) is 2.34. The van der Waals surface area contributed by atoms with Gasteiger partial charge in [-0.25, -0.2) is 0 Å². The van der Waals surface area contributed by atoms with Crippen molar-refractivity contribution in [3.8, 4) is 11.8 Å². The number of nitro groups is 1. The van der Waals surface area contributed by atoms with Gasteiger partial charge in [0.05, 0.1) is 11.5 Å². The summed E-state index contributed by atoms with van der Waals surface area (Å²) >= 11 is 0. The summed E-state index contributed by atoms with van der Waals surface area (Å²) in [6.07, 6.45) is 0.529. The van der Waals surface area contributed by atoms with Crippen LogP contribution in [0.15, 0.2) is 18.2 Å². The lowest BCUT2D eigenvalue weighted by molar-refractivity contribution is -0.385. The number of nitrogens with zero attached hydrogens (tertiary/aromatic N) is 1. The van der Waals surface area contributed by atoms with Crippen LogP contribution in [0.5, 0.6) is 0 Å². The molecule has 0 bridgehead atoms. The summed E-state index contributed by atoms with van der Waals surface area (Å²) in [6.45, 7) is 1.46. The van der Waals surface area contributed by atoms with E-state index in [0.717, 1.165) is 6.07 Å². The molecule has 0 atom stereocenters. The molecule has 1 aromatic rings. The molecule has 0 aromatic heterocycles. The summed E-state index contributed by atoms with van der Waals surface area (Å²) in [6, 6.07) is 4.01. The fraction of sp³-hybridized carbons (Fsp3) is 0.167. The largest absolute Gasteiger partial charge is 0.345 e. The molecule has 6 heteroatoms. The molecule has 0 aliphatic carbocycles. The van der Waals surface area contributed by atoms with E-state index in [-0.39, 0.29) is 29.3 Å². The van der Waals surface area contributed by atoms with Gasteiger partial charge in [0.25, 0.3) is 5.69 Å². The quantitative estimate of drug-likeness (QED) is 0.371. The fourth-order valence-corrected chi connectivity index (χ4v) is 1.19. The van der Waals surface area contributed by atoms with Crippen LogP contribution in [0, 0.1) is 22.0 Å². The maximum Gasteiger partial charge on any atom is 0.285 e. The third-order valence-electron chi connectivity index (χ3n) is 2.00. The zero-order valence-electron chi connectivity index (χ0n) is 9.60. The van der Waals surface area contributed by atoms with E-state index in [1.807, 2.05) is 0 Å². The van der Waals surface area contributed by atoms with Crippen LogP contribution in [-0.4, -0.2) is 23.7 Å². The smallest absolute Gasteiger partial charge is 0.285 e. The molecule has 0 spiro atoms. The Labute approximate surface area is 103 Å². The number of nitro benzene ring substituents is 1. The molecule has 1 rings (SSSR count). The van der Waals surface area contributed by atoms with Gasteiger partial charge in [-0.05, 0) is 12.1 Å². The topological polar surface area (TPSA) is 89.3 Å². The first-order valence-electron chi connectivity index (χ1n) is 5.01. The van der Waals surface area contributed by atoms with Crippen molar-refractivity contribution in [2.45, 2.75) is 6.92 Å². The van der Waals surface area contributed by atoms with Crippen LogP contribution in [0.2, 0.25) is 0 Å². The minimum atomic E-state index is -0.602. The Bertz CT molecular complexity index is 555. The molecule has 18 heavy (non-hydrogen) atoms. The predicted octanol–water partition coefficient (Wildman–Crippen LogP) is 0.895. The van der Waals surface area contributed by atoms with E-state index in [0.29, 0.717) is 6.29 Å². The van der Waals surface area contributed by atoms with Crippen LogP contribution in [0.4, 0.5) is 5.69 Å². The van der Waals surface area contributed by atoms with Crippen molar-refractivity contribution in [2.24, 2.45) is 0 Å². The van der Waals surface area contributed by atoms with Crippen LogP contribution >= 0.6 is 0 Å². The maximum atomic E-state index is 10.8. The van der Waals surface area contributed by atoms with Gasteiger partial charge in [-0.3, -0.25) is 19.7 Å². The third kappa shape index (κ3) is 3.72. The molecule has 0 heterocycles. The van der Waals surface area contributed by atoms with E-state index in [9.17, 15) is 19.7 Å². The van der Waals surface area contributed by atoms with Gasteiger partial charge in [-0.2, -0.15) is 0 Å². The first-order chi connectivity index (χ1) is 8.54. The van der Waals surface area contributed by atoms with Gasteiger partial charge in [-0.15, -0.1) is 0 Å². The molecule has 0 saturated heterocycles. The van der Waals surface area contributed by atoms with E-state index in [4.69, 9.17) is 0 Å². The molecule has 1 N–H and O–H groups in total. The van der Waals surface area contributed by atoms with Gasteiger partial charge in [0.2, 0.25) is 5.91 Å². The second kappa shape index (κ2) is 6.15. The Morgan fingerprint density at radius 2 is 2.28 bits per heavy atom. The molecule has 0 aliphatic rings. The van der Waals surface area contributed by atoms with Crippen molar-refractivity contribution < 1.29 is 14.5 Å². The van der Waals surface area contributed by atoms with E-state index < -0.39 is 4.92 Å². The summed E-state index contributed by atoms with van der Waals surface area (Å²) in [4.78, 5) is 31.3. The van der Waals surface area contributed by atoms with Crippen molar-refractivity contribution >= 4 is 17.9 Å². The molecule has 0 fully saturated rings. The third-order valence-corrected chi connectivity index (χ3v) is 2.00. The molecular formula is C12H10N2O4. The number of amides is 1. The Morgan fingerprint density at radius 3 is 2.83 bits per heavy atom. The molecular weight excluding hydrogens is 236 g/mol. The average molecular weight is 246 g/mol. The van der Waals surface area contributed by atoms with Crippen molar-refractivity contribution in [1.29, 1.82) is 0 Å². The van der Waals surface area contributed by atoms with Gasteiger partial charge in [-0.1, -0.05) is 11.8 Å². The molecule has 1 aromatic carbocycles. The van der Waals surface area contributed by atoms with Crippen LogP contribution in [0.3, 0.4) is 0 Å². The lowest BCUT2D eigenvalue weighted by atomic mass is 10.1. The van der Waals surface area contributed by atoms with E-state index in [2.05, 4.69) is 17.2 Å². The second-order valence-corrected chi connectivity index (χ2v) is 3.36. The van der Waals surface area contributed by atoms with E-state index in [1.54, 1.807) is 0 Å². The second-order valence-electron chi connectivity index (χ2n) is 3.36. The lowest BCUT2D eigenvalue weighted by Crippen LogP contribution is -2.19. The monoisotopic (exact) mass is 246 g/mol. The van der Waals surface area contributed by atoms with Gasteiger partial charge >= 0.3 is 0 Å². The zero-order valence-corrected chi connectivity index (χ0v) is 9.60. The normalized spacial score (nSPS) is 8.94. The SMILES string of the molecule is CC(=O)NCC#Cc1ccc(C=O)cc1[N+](=O)[O-]. The molecule has 0 unspecified atom stereocenters. The maximum absolute atomic E-state index is 10.8. The zero-order chi connectivity index (χ0) is 13.5. The van der Waals surface area contributed by atoms with Gasteiger partial charge in [0.1, 0.15) is 11.8 Å². The molecule has 0 radical (unpaired) electrons. The minimum absolute atomic E-state index is 0.113. The highest BCUT2D eigenvalue weighted by Crippen LogP contribution is 2.18. The molecule has 0 saturated carbocycles. The summed E-state index contributed by atoms with van der Waals surface area (Å²) in [5.74, 6) is 4.94. The van der Waals surface area contributed by atoms with Crippen LogP contribution in [0.1, 0.15) is 22.8 Å². The van der Waals surface area contributed by atoms with Crippen molar-refractivity contribution in [1.82, 2.24) is 5.32 Å². The number of carbonyl (C=O) groups is 2. The molecule has 92 valence electrons. The number of hydrogen-bond donors (Lipinski definition) is 1. The van der Waals surface area contributed by atoms with Crippen LogP contribution in [0.25, 0.3) is 0 Å². The van der Waals surface area contributed by atoms with Gasteiger partial charge in [0, 0.05) is 18.6 Å². The highest BCUT2D eigenvalue weighted by atomic mass is 16.6. The van der Waals surface area contributed by atoms with E-state index >= 15 is 0 Å². The van der Waals surface area contributed by atoms with Gasteiger partial charge < -0.3 is 5.32 Å². The number of aldehydes is 1.